The zero-order valence-electron chi connectivity index (χ0n) is 20.5. The Kier molecular flexibility index (Phi) is 12.5. The highest BCUT2D eigenvalue weighted by atomic mass is 16.5. The maximum atomic E-state index is 12.0. The van der Waals surface area contributed by atoms with Gasteiger partial charge in [0.25, 0.3) is 0 Å². The molecule has 12 heteroatoms. The lowest BCUT2D eigenvalue weighted by Crippen LogP contribution is -2.40. The highest BCUT2D eigenvalue weighted by Crippen LogP contribution is 2.23. The van der Waals surface area contributed by atoms with Gasteiger partial charge in [-0.25, -0.2) is 0 Å². The smallest absolute Gasteiger partial charge is 0.225 e. The quantitative estimate of drug-likeness (QED) is 0.203. The predicted molar refractivity (Wildman–Crippen MR) is 126 cm³/mol. The number of nitrogens with two attached hydrogens (primary N) is 1. The van der Waals surface area contributed by atoms with Crippen molar-refractivity contribution in [3.05, 3.63) is 0 Å². The van der Waals surface area contributed by atoms with E-state index in [4.69, 9.17) is 15.2 Å². The highest BCUT2D eigenvalue weighted by molar-refractivity contribution is 5.89. The largest absolute Gasteiger partial charge is 0.379 e. The van der Waals surface area contributed by atoms with Crippen molar-refractivity contribution < 1.29 is 33.4 Å². The third kappa shape index (κ3) is 11.0. The Labute approximate surface area is 206 Å². The van der Waals surface area contributed by atoms with E-state index in [-0.39, 0.29) is 73.2 Å². The van der Waals surface area contributed by atoms with Gasteiger partial charge in [0.15, 0.2) is 0 Å². The van der Waals surface area contributed by atoms with Gasteiger partial charge in [-0.05, 0) is 25.7 Å². The Hall–Kier alpha value is -2.73. The topological polar surface area (TPSA) is 169 Å². The van der Waals surface area contributed by atoms with E-state index >= 15 is 0 Å². The van der Waals surface area contributed by atoms with Gasteiger partial charge in [0.2, 0.25) is 29.5 Å². The molecule has 2 fully saturated rings. The Morgan fingerprint density at radius 2 is 1.57 bits per heavy atom. The molecule has 198 valence electrons. The van der Waals surface area contributed by atoms with Crippen molar-refractivity contribution in [1.82, 2.24) is 20.9 Å². The van der Waals surface area contributed by atoms with Crippen LogP contribution in [0.5, 0.6) is 0 Å². The zero-order valence-corrected chi connectivity index (χ0v) is 20.5. The minimum Gasteiger partial charge on any atom is -0.379 e. The molecule has 1 unspecified atom stereocenters. The van der Waals surface area contributed by atoms with E-state index in [2.05, 4.69) is 16.0 Å². The first kappa shape index (κ1) is 28.5. The van der Waals surface area contributed by atoms with Crippen LogP contribution in [0.3, 0.4) is 0 Å². The summed E-state index contributed by atoms with van der Waals surface area (Å²) in [5.41, 5.74) is 5.32. The van der Waals surface area contributed by atoms with Crippen LogP contribution in [-0.4, -0.2) is 93.6 Å². The maximum Gasteiger partial charge on any atom is 0.225 e. The molecule has 5 amide bonds. The third-order valence-electron chi connectivity index (χ3n) is 6.27. The number of amides is 5. The average molecular weight is 498 g/mol. The first-order chi connectivity index (χ1) is 16.8. The average Bonchev–Trinajstić information content (AvgIpc) is 3.16. The fourth-order valence-corrected chi connectivity index (χ4v) is 4.14. The van der Waals surface area contributed by atoms with Gasteiger partial charge in [0.1, 0.15) is 0 Å². The molecule has 1 aliphatic carbocycles. The molecule has 0 spiro atoms. The Bertz CT molecular complexity index is 740. The zero-order chi connectivity index (χ0) is 25.6. The summed E-state index contributed by atoms with van der Waals surface area (Å²) in [4.78, 5) is 60.0. The van der Waals surface area contributed by atoms with Crippen molar-refractivity contribution >= 4 is 29.5 Å². The Morgan fingerprint density at radius 3 is 2.20 bits per heavy atom. The van der Waals surface area contributed by atoms with E-state index in [0.717, 1.165) is 12.8 Å². The summed E-state index contributed by atoms with van der Waals surface area (Å²) < 4.78 is 10.8. The van der Waals surface area contributed by atoms with Crippen molar-refractivity contribution in [2.45, 2.75) is 51.0 Å². The molecule has 5 N–H and O–H groups in total. The summed E-state index contributed by atoms with van der Waals surface area (Å²) in [6, 6.07) is 0.0906. The lowest BCUT2D eigenvalue weighted by molar-refractivity contribution is -0.128. The van der Waals surface area contributed by atoms with Crippen molar-refractivity contribution in [3.63, 3.8) is 0 Å². The fourth-order valence-electron chi connectivity index (χ4n) is 4.14. The molecule has 2 aliphatic rings. The maximum absolute atomic E-state index is 12.0. The Balaban J connectivity index is 1.36. The molecule has 1 saturated carbocycles. The summed E-state index contributed by atoms with van der Waals surface area (Å²) in [7, 11) is 1.67. The lowest BCUT2D eigenvalue weighted by atomic mass is 9.85. The number of nitrogens with zero attached hydrogens (tertiary/aromatic N) is 1. The van der Waals surface area contributed by atoms with Gasteiger partial charge in [0, 0.05) is 57.9 Å². The molecule has 0 bridgehead atoms. The van der Waals surface area contributed by atoms with Crippen LogP contribution in [0, 0.1) is 11.8 Å². The van der Waals surface area contributed by atoms with Crippen molar-refractivity contribution in [2.75, 3.05) is 53.1 Å². The minimum absolute atomic E-state index is 0.0458. The standard InChI is InChI=1S/C23H39N5O7/c1-28-15-17(14-21(28)31)23(33)26-8-6-19(29)25-9-11-35-13-12-34-10-7-20(30)27-18-4-2-16(3-5-18)22(24)32/h16-18H,2-15H2,1H3,(H2,24,32)(H,25,29)(H,26,33)(H,27,30). The number of carbonyl (C=O) groups excluding carboxylic acids is 5. The molecule has 1 saturated heterocycles. The number of hydrogen-bond acceptors (Lipinski definition) is 7. The van der Waals surface area contributed by atoms with Gasteiger partial charge in [-0.3, -0.25) is 24.0 Å². The van der Waals surface area contributed by atoms with E-state index in [1.165, 1.54) is 4.90 Å². The summed E-state index contributed by atoms with van der Waals surface area (Å²) >= 11 is 0. The third-order valence-corrected chi connectivity index (χ3v) is 6.27. The van der Waals surface area contributed by atoms with Gasteiger partial charge in [-0.15, -0.1) is 0 Å². The van der Waals surface area contributed by atoms with Crippen molar-refractivity contribution in [1.29, 1.82) is 0 Å². The summed E-state index contributed by atoms with van der Waals surface area (Å²) in [6.45, 7) is 2.28. The monoisotopic (exact) mass is 497 g/mol. The van der Waals surface area contributed by atoms with E-state index < -0.39 is 0 Å². The van der Waals surface area contributed by atoms with Crippen LogP contribution in [0.15, 0.2) is 0 Å². The molecule has 35 heavy (non-hydrogen) atoms. The Morgan fingerprint density at radius 1 is 0.886 bits per heavy atom. The molecule has 0 aromatic rings. The molecule has 0 aromatic heterocycles. The van der Waals surface area contributed by atoms with Crippen LogP contribution in [0.4, 0.5) is 0 Å². The van der Waals surface area contributed by atoms with E-state index in [9.17, 15) is 24.0 Å². The van der Waals surface area contributed by atoms with Crippen LogP contribution in [0.1, 0.15) is 44.9 Å². The van der Waals surface area contributed by atoms with Crippen molar-refractivity contribution in [3.8, 4) is 0 Å². The van der Waals surface area contributed by atoms with Crippen LogP contribution >= 0.6 is 0 Å². The molecular formula is C23H39N5O7. The lowest BCUT2D eigenvalue weighted by Gasteiger charge is -2.27. The minimum atomic E-state index is -0.352. The number of carbonyl (C=O) groups is 5. The first-order valence-corrected chi connectivity index (χ1v) is 12.3. The normalized spacial score (nSPS) is 22.0. The highest BCUT2D eigenvalue weighted by Gasteiger charge is 2.31. The van der Waals surface area contributed by atoms with Crippen molar-refractivity contribution in [2.24, 2.45) is 17.6 Å². The van der Waals surface area contributed by atoms with Gasteiger partial charge in [-0.2, -0.15) is 0 Å². The SMILES string of the molecule is CN1CC(C(=O)NCCC(=O)NCCOCCOCCC(=O)NC2CCC(C(N)=O)CC2)CC1=O. The van der Waals surface area contributed by atoms with Gasteiger partial charge in [-0.1, -0.05) is 0 Å². The second-order valence-corrected chi connectivity index (χ2v) is 9.06. The molecule has 1 atom stereocenters. The molecule has 12 nitrogen and oxygen atoms in total. The molecule has 1 heterocycles. The van der Waals surface area contributed by atoms with E-state index in [1.54, 1.807) is 7.05 Å². The number of rotatable bonds is 15. The van der Waals surface area contributed by atoms with Gasteiger partial charge >= 0.3 is 0 Å². The number of primary amides is 1. The summed E-state index contributed by atoms with van der Waals surface area (Å²) in [6.07, 6.45) is 3.58. The van der Waals surface area contributed by atoms with E-state index in [1.807, 2.05) is 0 Å². The van der Waals surface area contributed by atoms with Crippen LogP contribution in [-0.2, 0) is 33.4 Å². The molecule has 1 aliphatic heterocycles. The first-order valence-electron chi connectivity index (χ1n) is 12.3. The second-order valence-electron chi connectivity index (χ2n) is 9.06. The number of likely N-dealkylation sites (tertiary alicyclic amines) is 1. The van der Waals surface area contributed by atoms with Crippen LogP contribution in [0.2, 0.25) is 0 Å². The summed E-state index contributed by atoms with van der Waals surface area (Å²) in [5, 5.41) is 8.36. The number of hydrogen-bond donors (Lipinski definition) is 4. The number of ether oxygens (including phenoxy) is 2. The second kappa shape index (κ2) is 15.3. The molecule has 2 rings (SSSR count). The molecule has 0 aromatic carbocycles. The summed E-state index contributed by atoms with van der Waals surface area (Å²) in [5.74, 6) is -1.21. The number of nitrogens with one attached hydrogen (secondary N) is 3. The predicted octanol–water partition coefficient (Wildman–Crippen LogP) is -1.33. The van der Waals surface area contributed by atoms with Gasteiger partial charge < -0.3 is 36.1 Å². The van der Waals surface area contributed by atoms with Crippen LogP contribution < -0.4 is 21.7 Å². The molecular weight excluding hydrogens is 458 g/mol. The van der Waals surface area contributed by atoms with E-state index in [0.29, 0.717) is 52.4 Å². The fraction of sp³-hybridized carbons (Fsp3) is 0.783. The van der Waals surface area contributed by atoms with Crippen LogP contribution in [0.25, 0.3) is 0 Å². The van der Waals surface area contributed by atoms with Gasteiger partial charge in [0.05, 0.1) is 32.3 Å². The molecule has 0 radical (unpaired) electrons.